The van der Waals surface area contributed by atoms with Gasteiger partial charge in [-0.15, -0.1) is 0 Å². The van der Waals surface area contributed by atoms with Crippen LogP contribution in [0.3, 0.4) is 0 Å². The number of likely N-dealkylation sites (tertiary alicyclic amines) is 1. The van der Waals surface area contributed by atoms with E-state index in [-0.39, 0.29) is 6.54 Å². The Morgan fingerprint density at radius 1 is 1.43 bits per heavy atom. The van der Waals surface area contributed by atoms with Crippen molar-refractivity contribution in [1.29, 1.82) is 0 Å². The molecule has 3 rings (SSSR count). The van der Waals surface area contributed by atoms with E-state index < -0.39 is 48.0 Å². The van der Waals surface area contributed by atoms with E-state index in [1.54, 1.807) is 23.5 Å². The molecule has 0 spiro atoms. The Balaban J connectivity index is 1.93. The van der Waals surface area contributed by atoms with Crippen LogP contribution in [0.1, 0.15) is 6.42 Å². The van der Waals surface area contributed by atoms with Crippen LogP contribution < -0.4 is 11.1 Å². The molecule has 7 nitrogen and oxygen atoms in total. The van der Waals surface area contributed by atoms with E-state index >= 15 is 4.39 Å². The molecule has 2 aliphatic heterocycles. The van der Waals surface area contributed by atoms with Crippen LogP contribution in [0.4, 0.5) is 4.39 Å². The second-order valence-electron chi connectivity index (χ2n) is 5.40. The number of halogens is 1. The molecule has 3 amide bonds. The van der Waals surface area contributed by atoms with Crippen molar-refractivity contribution in [2.24, 2.45) is 11.7 Å². The topological polar surface area (TPSA) is 113 Å². The summed E-state index contributed by atoms with van der Waals surface area (Å²) in [4.78, 5) is 36.1. The number of imide groups is 1. The zero-order chi connectivity index (χ0) is 15.4. The summed E-state index contributed by atoms with van der Waals surface area (Å²) in [6, 6.07) is -0.444. The second kappa shape index (κ2) is 4.47. The van der Waals surface area contributed by atoms with Crippen molar-refractivity contribution in [2.45, 2.75) is 24.4 Å². The number of carbonyl (C=O) groups is 3. The molecule has 0 bridgehead atoms. The van der Waals surface area contributed by atoms with Gasteiger partial charge in [0.15, 0.2) is 0 Å². The number of hydrogen-bond donors (Lipinski definition) is 3. The molecule has 0 saturated carbocycles. The summed E-state index contributed by atoms with van der Waals surface area (Å²) in [5.41, 5.74) is 6.20. The normalized spacial score (nSPS) is 39.2. The van der Waals surface area contributed by atoms with E-state index in [0.717, 1.165) is 4.90 Å². The van der Waals surface area contributed by atoms with Gasteiger partial charge in [-0.3, -0.25) is 24.6 Å². The number of carbonyl (C=O) groups excluding carboxylic acids is 3. The van der Waals surface area contributed by atoms with Gasteiger partial charge in [-0.25, -0.2) is 4.39 Å². The molecule has 112 valence electrons. The first-order chi connectivity index (χ1) is 9.84. The number of aliphatic hydroxyl groups is 1. The highest BCUT2D eigenvalue weighted by Gasteiger charge is 2.57. The number of aliphatic hydroxyl groups excluding tert-OH is 1. The Labute approximate surface area is 119 Å². The summed E-state index contributed by atoms with van der Waals surface area (Å²) < 4.78 is 15.0. The third-order valence-electron chi connectivity index (χ3n) is 4.12. The number of nitrogens with zero attached hydrogens (tertiary/aromatic N) is 1. The summed E-state index contributed by atoms with van der Waals surface area (Å²) in [5.74, 6) is -5.99. The maximum Gasteiger partial charge on any atom is 0.285 e. The smallest absolute Gasteiger partial charge is 0.285 e. The lowest BCUT2D eigenvalue weighted by Crippen LogP contribution is -2.64. The minimum absolute atomic E-state index is 0.0684. The summed E-state index contributed by atoms with van der Waals surface area (Å²) in [7, 11) is 0. The lowest BCUT2D eigenvalue weighted by atomic mass is 9.90. The SMILES string of the molecule is NC1C=CC=C2C(=O)N(C3(F)CC(O)C(=O)NC3=O)CC21. The summed E-state index contributed by atoms with van der Waals surface area (Å²) in [5, 5.41) is 11.2. The first-order valence-electron chi connectivity index (χ1n) is 6.53. The first-order valence-corrected chi connectivity index (χ1v) is 6.53. The van der Waals surface area contributed by atoms with E-state index in [9.17, 15) is 19.5 Å². The Morgan fingerprint density at radius 3 is 2.81 bits per heavy atom. The van der Waals surface area contributed by atoms with Crippen LogP contribution in [-0.2, 0) is 14.4 Å². The van der Waals surface area contributed by atoms with Crippen molar-refractivity contribution in [3.8, 4) is 0 Å². The number of allylic oxidation sites excluding steroid dienone is 2. The molecule has 0 aromatic heterocycles. The molecule has 21 heavy (non-hydrogen) atoms. The van der Waals surface area contributed by atoms with Crippen molar-refractivity contribution in [3.05, 3.63) is 23.8 Å². The molecule has 4 unspecified atom stereocenters. The van der Waals surface area contributed by atoms with Gasteiger partial charge in [0.05, 0.1) is 0 Å². The van der Waals surface area contributed by atoms with Gasteiger partial charge in [-0.05, 0) is 0 Å². The number of amides is 3. The Kier molecular flexibility index (Phi) is 2.96. The Morgan fingerprint density at radius 2 is 2.14 bits per heavy atom. The lowest BCUT2D eigenvalue weighted by Gasteiger charge is -2.37. The van der Waals surface area contributed by atoms with Crippen molar-refractivity contribution < 1.29 is 23.9 Å². The minimum Gasteiger partial charge on any atom is -0.383 e. The van der Waals surface area contributed by atoms with E-state index in [0.29, 0.717) is 5.57 Å². The molecular weight excluding hydrogens is 281 g/mol. The molecule has 8 heteroatoms. The number of piperidine rings is 1. The molecule has 0 aromatic rings. The van der Waals surface area contributed by atoms with Crippen LogP contribution in [0.5, 0.6) is 0 Å². The Hall–Kier alpha value is -2.06. The molecule has 4 atom stereocenters. The Bertz CT molecular complexity index is 602. The predicted molar refractivity (Wildman–Crippen MR) is 68.0 cm³/mol. The van der Waals surface area contributed by atoms with Crippen LogP contribution in [0.15, 0.2) is 23.8 Å². The molecule has 4 N–H and O–H groups in total. The summed E-state index contributed by atoms with van der Waals surface area (Å²) in [6.45, 7) is -0.0684. The number of rotatable bonds is 1. The van der Waals surface area contributed by atoms with E-state index in [4.69, 9.17) is 5.73 Å². The van der Waals surface area contributed by atoms with Gasteiger partial charge in [0.2, 0.25) is 0 Å². The quantitative estimate of drug-likeness (QED) is 0.396. The lowest BCUT2D eigenvalue weighted by molar-refractivity contribution is -0.170. The summed E-state index contributed by atoms with van der Waals surface area (Å²) in [6.07, 6.45) is 2.40. The highest BCUT2D eigenvalue weighted by Crippen LogP contribution is 2.38. The van der Waals surface area contributed by atoms with Gasteiger partial charge < -0.3 is 10.8 Å². The standard InChI is InChI=1S/C13H14FN3O4/c14-13(4-9(18)10(19)16-12(13)21)17-5-7-6(11(17)20)2-1-3-8(7)15/h1-3,7-9,18H,4-5,15H2,(H,16,19,21). The van der Waals surface area contributed by atoms with Crippen molar-refractivity contribution >= 4 is 17.7 Å². The number of nitrogens with two attached hydrogens (primary N) is 1. The summed E-state index contributed by atoms with van der Waals surface area (Å²) >= 11 is 0. The van der Waals surface area contributed by atoms with Crippen LogP contribution in [0.2, 0.25) is 0 Å². The van der Waals surface area contributed by atoms with E-state index in [1.807, 2.05) is 0 Å². The predicted octanol–water partition coefficient (Wildman–Crippen LogP) is -1.66. The number of alkyl halides is 1. The van der Waals surface area contributed by atoms with E-state index in [1.165, 1.54) is 0 Å². The monoisotopic (exact) mass is 295 g/mol. The molecular formula is C13H14FN3O4. The maximum atomic E-state index is 15.0. The largest absolute Gasteiger partial charge is 0.383 e. The highest BCUT2D eigenvalue weighted by molar-refractivity contribution is 6.07. The van der Waals surface area contributed by atoms with Gasteiger partial charge in [0.1, 0.15) is 6.10 Å². The molecule has 2 heterocycles. The van der Waals surface area contributed by atoms with Crippen LogP contribution >= 0.6 is 0 Å². The van der Waals surface area contributed by atoms with Gasteiger partial charge in [0, 0.05) is 30.5 Å². The van der Waals surface area contributed by atoms with Crippen LogP contribution in [0, 0.1) is 5.92 Å². The first kappa shape index (κ1) is 13.9. The van der Waals surface area contributed by atoms with Gasteiger partial charge >= 0.3 is 0 Å². The number of hydrogen-bond acceptors (Lipinski definition) is 5. The third-order valence-corrected chi connectivity index (χ3v) is 4.12. The van der Waals surface area contributed by atoms with E-state index in [2.05, 4.69) is 0 Å². The minimum atomic E-state index is -2.75. The zero-order valence-corrected chi connectivity index (χ0v) is 11.0. The molecule has 2 saturated heterocycles. The van der Waals surface area contributed by atoms with Crippen LogP contribution in [-0.4, -0.2) is 52.2 Å². The average Bonchev–Trinajstić information content (AvgIpc) is 2.77. The fourth-order valence-electron chi connectivity index (χ4n) is 2.91. The number of fused-ring (bicyclic) bond motifs is 1. The van der Waals surface area contributed by atoms with Crippen LogP contribution in [0.25, 0.3) is 0 Å². The van der Waals surface area contributed by atoms with Gasteiger partial charge in [-0.2, -0.15) is 0 Å². The molecule has 2 fully saturated rings. The molecule has 1 aliphatic carbocycles. The van der Waals surface area contributed by atoms with Gasteiger partial charge in [-0.1, -0.05) is 18.2 Å². The number of nitrogens with one attached hydrogen (secondary N) is 1. The second-order valence-corrected chi connectivity index (χ2v) is 5.40. The molecule has 0 aromatic carbocycles. The fraction of sp³-hybridized carbons (Fsp3) is 0.462. The van der Waals surface area contributed by atoms with Crippen molar-refractivity contribution in [1.82, 2.24) is 10.2 Å². The third kappa shape index (κ3) is 1.90. The highest BCUT2D eigenvalue weighted by atomic mass is 19.1. The van der Waals surface area contributed by atoms with Gasteiger partial charge in [0.25, 0.3) is 23.5 Å². The maximum absolute atomic E-state index is 15.0. The molecule has 0 radical (unpaired) electrons. The van der Waals surface area contributed by atoms with Crippen molar-refractivity contribution in [3.63, 3.8) is 0 Å². The molecule has 3 aliphatic rings. The van der Waals surface area contributed by atoms with Crippen molar-refractivity contribution in [2.75, 3.05) is 6.54 Å². The fourth-order valence-corrected chi connectivity index (χ4v) is 2.91. The average molecular weight is 295 g/mol. The zero-order valence-electron chi connectivity index (χ0n) is 11.0.